The third kappa shape index (κ3) is 10.2. The number of amides is 4. The standard InChI is InChI=1S/C30H42N6O10S2/c1-15(2)12-16(32-28(42)46-30(6,7)8)21(37)34-27-31-17(13-48-27)19(35-43-9)22(38)33-20-23(39)36-18(10-11-47-24(20)36)25(40)44-14-45-26(41)29(3,4)5/h10,13,15-16,20,24H,11-12,14H2,1-9H3,(H,32,42)(H,33,38)(H,31,34,37)/b35-19-/t16-,20+,24+/m0/s1. The summed E-state index contributed by atoms with van der Waals surface area (Å²) in [6.07, 6.45) is 1.10. The topological polar surface area (TPSA) is 204 Å². The van der Waals surface area contributed by atoms with E-state index in [-0.39, 0.29) is 28.2 Å². The molecule has 0 aromatic carbocycles. The van der Waals surface area contributed by atoms with Gasteiger partial charge in [-0.2, -0.15) is 0 Å². The van der Waals surface area contributed by atoms with Crippen molar-refractivity contribution in [2.24, 2.45) is 16.5 Å². The van der Waals surface area contributed by atoms with E-state index in [2.05, 4.69) is 26.1 Å². The quantitative estimate of drug-likeness (QED) is 0.0942. The number of β-lactam (4-membered cyclic amide) rings is 1. The molecule has 3 rings (SSSR count). The van der Waals surface area contributed by atoms with Crippen molar-refractivity contribution in [3.8, 4) is 0 Å². The van der Waals surface area contributed by atoms with Crippen molar-refractivity contribution in [3.05, 3.63) is 22.8 Å². The number of fused-ring (bicyclic) bond motifs is 1. The molecule has 0 bridgehead atoms. The molecule has 0 saturated carbocycles. The lowest BCUT2D eigenvalue weighted by molar-refractivity contribution is -0.173. The van der Waals surface area contributed by atoms with Gasteiger partial charge in [0.15, 0.2) is 10.8 Å². The summed E-state index contributed by atoms with van der Waals surface area (Å²) in [7, 11) is 1.23. The molecule has 0 spiro atoms. The maximum absolute atomic E-state index is 13.3. The summed E-state index contributed by atoms with van der Waals surface area (Å²) < 4.78 is 15.3. The number of aromatic nitrogens is 1. The minimum Gasteiger partial charge on any atom is -0.444 e. The van der Waals surface area contributed by atoms with Crippen LogP contribution in [0, 0.1) is 11.3 Å². The predicted molar refractivity (Wildman–Crippen MR) is 177 cm³/mol. The number of hydrogen-bond donors (Lipinski definition) is 3. The summed E-state index contributed by atoms with van der Waals surface area (Å²) in [5.41, 5.74) is -1.76. The van der Waals surface area contributed by atoms with Crippen molar-refractivity contribution in [1.82, 2.24) is 20.5 Å². The molecule has 4 amide bonds. The van der Waals surface area contributed by atoms with Crippen LogP contribution in [0.1, 0.15) is 67.5 Å². The molecule has 2 aliphatic heterocycles. The van der Waals surface area contributed by atoms with E-state index in [4.69, 9.17) is 19.0 Å². The van der Waals surface area contributed by atoms with Crippen molar-refractivity contribution in [3.63, 3.8) is 0 Å². The van der Waals surface area contributed by atoms with Crippen LogP contribution in [0.15, 0.2) is 22.3 Å². The van der Waals surface area contributed by atoms with E-state index in [9.17, 15) is 28.8 Å². The first-order valence-electron chi connectivity index (χ1n) is 15.0. The van der Waals surface area contributed by atoms with Crippen LogP contribution < -0.4 is 16.0 Å². The number of anilines is 1. The van der Waals surface area contributed by atoms with E-state index in [1.807, 2.05) is 13.8 Å². The third-order valence-corrected chi connectivity index (χ3v) is 8.36. The Morgan fingerprint density at radius 3 is 2.40 bits per heavy atom. The number of alkyl carbamates (subject to hydrolysis) is 1. The normalized spacial score (nSPS) is 18.5. The molecule has 1 aromatic rings. The molecule has 18 heteroatoms. The first kappa shape index (κ1) is 38.3. The number of ether oxygens (including phenoxy) is 3. The van der Waals surface area contributed by atoms with Gasteiger partial charge in [0, 0.05) is 11.1 Å². The van der Waals surface area contributed by atoms with Crippen LogP contribution in [-0.2, 0) is 43.0 Å². The summed E-state index contributed by atoms with van der Waals surface area (Å²) in [5.74, 6) is -2.87. The Morgan fingerprint density at radius 1 is 1.10 bits per heavy atom. The fourth-order valence-electron chi connectivity index (χ4n) is 4.25. The van der Waals surface area contributed by atoms with Crippen molar-refractivity contribution in [1.29, 1.82) is 0 Å². The number of oxime groups is 1. The van der Waals surface area contributed by atoms with Gasteiger partial charge in [-0.3, -0.25) is 24.1 Å². The van der Waals surface area contributed by atoms with Crippen molar-refractivity contribution < 1.29 is 47.8 Å². The van der Waals surface area contributed by atoms with Crippen LogP contribution in [0.2, 0.25) is 0 Å². The van der Waals surface area contributed by atoms with E-state index in [1.54, 1.807) is 41.5 Å². The van der Waals surface area contributed by atoms with Crippen molar-refractivity contribution in [2.75, 3.05) is 25.0 Å². The van der Waals surface area contributed by atoms with Crippen LogP contribution in [0.4, 0.5) is 9.93 Å². The number of nitrogens with one attached hydrogen (secondary N) is 3. The van der Waals surface area contributed by atoms with Gasteiger partial charge >= 0.3 is 18.0 Å². The Hall–Kier alpha value is -4.19. The number of thioether (sulfide) groups is 1. The molecule has 2 aliphatic rings. The molecule has 1 fully saturated rings. The largest absolute Gasteiger partial charge is 0.444 e. The van der Waals surface area contributed by atoms with Gasteiger partial charge in [0.05, 0.1) is 5.41 Å². The first-order chi connectivity index (χ1) is 22.3. The van der Waals surface area contributed by atoms with Crippen molar-refractivity contribution >= 4 is 69.7 Å². The van der Waals surface area contributed by atoms with Gasteiger partial charge in [-0.25, -0.2) is 14.6 Å². The zero-order valence-electron chi connectivity index (χ0n) is 28.3. The highest BCUT2D eigenvalue weighted by Crippen LogP contribution is 2.38. The lowest BCUT2D eigenvalue weighted by Crippen LogP contribution is -2.70. The molecule has 1 saturated heterocycles. The molecule has 3 atom stereocenters. The molecule has 1 aromatic heterocycles. The number of esters is 2. The smallest absolute Gasteiger partial charge is 0.408 e. The average molecular weight is 711 g/mol. The Kier molecular flexibility index (Phi) is 12.6. The van der Waals surface area contributed by atoms with E-state index >= 15 is 0 Å². The van der Waals surface area contributed by atoms with Gasteiger partial charge in [0.25, 0.3) is 11.8 Å². The molecule has 3 heterocycles. The van der Waals surface area contributed by atoms with Crippen molar-refractivity contribution in [2.45, 2.75) is 84.9 Å². The Labute approximate surface area is 286 Å². The minimum absolute atomic E-state index is 0.0244. The molecular formula is C30H42N6O10S2. The van der Waals surface area contributed by atoms with Gasteiger partial charge in [0.1, 0.15) is 41.6 Å². The lowest BCUT2D eigenvalue weighted by Gasteiger charge is -2.48. The zero-order valence-corrected chi connectivity index (χ0v) is 30.0. The molecule has 48 heavy (non-hydrogen) atoms. The number of carbonyl (C=O) groups excluding carboxylic acids is 6. The molecular weight excluding hydrogens is 668 g/mol. The van der Waals surface area contributed by atoms with Crippen LogP contribution in [-0.4, -0.2) is 94.1 Å². The maximum atomic E-state index is 13.3. The van der Waals surface area contributed by atoms with Gasteiger partial charge in [-0.15, -0.1) is 23.1 Å². The van der Waals surface area contributed by atoms with E-state index in [0.717, 1.165) is 11.3 Å². The number of nitrogens with zero attached hydrogens (tertiary/aromatic N) is 3. The van der Waals surface area contributed by atoms with E-state index < -0.39 is 71.0 Å². The van der Waals surface area contributed by atoms with E-state index in [1.165, 1.54) is 35.2 Å². The highest BCUT2D eigenvalue weighted by molar-refractivity contribution is 8.00. The maximum Gasteiger partial charge on any atom is 0.408 e. The van der Waals surface area contributed by atoms with Crippen LogP contribution >= 0.6 is 23.1 Å². The zero-order chi connectivity index (χ0) is 36.0. The van der Waals surface area contributed by atoms with Crippen LogP contribution in [0.3, 0.4) is 0 Å². The highest BCUT2D eigenvalue weighted by Gasteiger charge is 2.53. The molecule has 0 radical (unpaired) electrons. The number of hydrogen-bond acceptors (Lipinski definition) is 14. The number of rotatable bonds is 12. The molecule has 16 nitrogen and oxygen atoms in total. The summed E-state index contributed by atoms with van der Waals surface area (Å²) >= 11 is 2.33. The fourth-order valence-corrected chi connectivity index (χ4v) is 6.14. The fraction of sp³-hybridized carbons (Fsp3) is 0.600. The third-order valence-electron chi connectivity index (χ3n) is 6.42. The van der Waals surface area contributed by atoms with Gasteiger partial charge < -0.3 is 35.0 Å². The van der Waals surface area contributed by atoms with Crippen LogP contribution in [0.5, 0.6) is 0 Å². The average Bonchev–Trinajstić information content (AvgIpc) is 3.43. The molecule has 3 N–H and O–H groups in total. The Morgan fingerprint density at radius 2 is 1.79 bits per heavy atom. The monoisotopic (exact) mass is 710 g/mol. The second-order valence-corrected chi connectivity index (χ2v) is 15.2. The molecule has 0 unspecified atom stereocenters. The van der Waals surface area contributed by atoms with E-state index in [0.29, 0.717) is 12.2 Å². The number of thiazole rings is 1. The summed E-state index contributed by atoms with van der Waals surface area (Å²) in [6, 6.07) is -1.92. The SMILES string of the molecule is CO/N=C(\C(=O)N[C@@H]1C(=O)N2C(C(=O)OCOC(=O)C(C)(C)C)=CCS[C@H]12)c1csc(NC(=O)[C@H](CC(C)C)NC(=O)OC(C)(C)C)n1. The summed E-state index contributed by atoms with van der Waals surface area (Å²) in [6.45, 7) is 13.3. The molecule has 264 valence electrons. The van der Waals surface area contributed by atoms with Gasteiger partial charge in [-0.05, 0) is 60.0 Å². The highest BCUT2D eigenvalue weighted by atomic mass is 32.2. The van der Waals surface area contributed by atoms with Crippen LogP contribution in [0.25, 0.3) is 0 Å². The van der Waals surface area contributed by atoms with Gasteiger partial charge in [-0.1, -0.05) is 19.0 Å². The lowest BCUT2D eigenvalue weighted by atomic mass is 9.98. The second-order valence-electron chi connectivity index (χ2n) is 13.2. The molecule has 0 aliphatic carbocycles. The number of carbonyl (C=O) groups is 6. The van der Waals surface area contributed by atoms with Gasteiger partial charge in [0.2, 0.25) is 12.7 Å². The summed E-state index contributed by atoms with van der Waals surface area (Å²) in [5, 5.41) is 12.6. The second kappa shape index (κ2) is 15.8. The Balaban J connectivity index is 1.64. The Bertz CT molecular complexity index is 1480. The first-order valence-corrected chi connectivity index (χ1v) is 16.9. The predicted octanol–water partition coefficient (Wildman–Crippen LogP) is 2.75. The minimum atomic E-state index is -1.01. The summed E-state index contributed by atoms with van der Waals surface area (Å²) in [4.78, 5) is 86.8.